The fraction of sp³-hybridized carbons (Fsp3) is 0.846. The molecule has 0 saturated carbocycles. The number of piperazine rings is 1. The van der Waals surface area contributed by atoms with Crippen LogP contribution in [0.15, 0.2) is 0 Å². The molecular weight excluding hydrogens is 248 g/mol. The highest BCUT2D eigenvalue weighted by molar-refractivity contribution is 5.83. The van der Waals surface area contributed by atoms with Crippen LogP contribution in [-0.4, -0.2) is 71.2 Å². The van der Waals surface area contributed by atoms with Gasteiger partial charge in [-0.25, -0.2) is 4.79 Å². The number of amides is 1. The van der Waals surface area contributed by atoms with Gasteiger partial charge in [0.05, 0.1) is 0 Å². The summed E-state index contributed by atoms with van der Waals surface area (Å²) in [5, 5.41) is 8.89. The molecule has 2 aliphatic rings. The van der Waals surface area contributed by atoms with E-state index in [4.69, 9.17) is 9.84 Å². The molecule has 2 aliphatic heterocycles. The van der Waals surface area contributed by atoms with Gasteiger partial charge in [0.2, 0.25) is 0 Å². The Hall–Kier alpha value is -1.14. The summed E-state index contributed by atoms with van der Waals surface area (Å²) in [6.45, 7) is 5.53. The number of likely N-dealkylation sites (N-methyl/N-ethyl adjacent to an activating group) is 1. The molecule has 19 heavy (non-hydrogen) atoms. The van der Waals surface area contributed by atoms with Crippen molar-refractivity contribution in [2.45, 2.75) is 51.0 Å². The average Bonchev–Trinajstić information content (AvgIpc) is 2.84. The zero-order valence-electron chi connectivity index (χ0n) is 11.7. The molecule has 4 atom stereocenters. The van der Waals surface area contributed by atoms with E-state index in [1.54, 1.807) is 0 Å². The normalized spacial score (nSPS) is 36.5. The maximum Gasteiger partial charge on any atom is 0.332 e. The van der Waals surface area contributed by atoms with E-state index < -0.39 is 18.2 Å². The molecule has 2 heterocycles. The highest BCUT2D eigenvalue weighted by Crippen LogP contribution is 2.23. The van der Waals surface area contributed by atoms with Gasteiger partial charge >= 0.3 is 5.97 Å². The van der Waals surface area contributed by atoms with Crippen LogP contribution in [0, 0.1) is 0 Å². The van der Waals surface area contributed by atoms with Crippen LogP contribution in [0.25, 0.3) is 0 Å². The standard InChI is InChI=1S/C13H22N2O4/c1-8-6-15(7-9(2)14(8)3)12(16)10-4-5-11(19-10)13(17)18/h8-11H,4-7H2,1-3H3,(H,17,18). The van der Waals surface area contributed by atoms with Crippen LogP contribution in [0.3, 0.4) is 0 Å². The Labute approximate surface area is 113 Å². The molecule has 2 saturated heterocycles. The number of carbonyl (C=O) groups is 2. The number of nitrogens with zero attached hydrogens (tertiary/aromatic N) is 2. The quantitative estimate of drug-likeness (QED) is 0.774. The average molecular weight is 270 g/mol. The van der Waals surface area contributed by atoms with Crippen LogP contribution >= 0.6 is 0 Å². The molecular formula is C13H22N2O4. The summed E-state index contributed by atoms with van der Waals surface area (Å²) in [4.78, 5) is 27.3. The van der Waals surface area contributed by atoms with Crippen molar-refractivity contribution in [3.05, 3.63) is 0 Å². The Morgan fingerprint density at radius 2 is 1.63 bits per heavy atom. The third-order valence-corrected chi connectivity index (χ3v) is 4.24. The van der Waals surface area contributed by atoms with Crippen LogP contribution in [0.1, 0.15) is 26.7 Å². The number of carbonyl (C=O) groups excluding carboxylic acids is 1. The van der Waals surface area contributed by atoms with E-state index in [0.717, 1.165) is 0 Å². The van der Waals surface area contributed by atoms with Crippen LogP contribution in [0.5, 0.6) is 0 Å². The third-order valence-electron chi connectivity index (χ3n) is 4.24. The maximum atomic E-state index is 12.4. The van der Waals surface area contributed by atoms with Gasteiger partial charge in [-0.3, -0.25) is 9.69 Å². The van der Waals surface area contributed by atoms with E-state index >= 15 is 0 Å². The van der Waals surface area contributed by atoms with Gasteiger partial charge in [0.1, 0.15) is 6.10 Å². The van der Waals surface area contributed by atoms with Crippen molar-refractivity contribution in [3.63, 3.8) is 0 Å². The van der Waals surface area contributed by atoms with E-state index in [1.807, 2.05) is 4.90 Å². The molecule has 6 heteroatoms. The smallest absolute Gasteiger partial charge is 0.332 e. The van der Waals surface area contributed by atoms with Crippen LogP contribution in [0.2, 0.25) is 0 Å². The highest BCUT2D eigenvalue weighted by Gasteiger charge is 2.39. The lowest BCUT2D eigenvalue weighted by Crippen LogP contribution is -2.58. The molecule has 0 spiro atoms. The minimum absolute atomic E-state index is 0.0597. The van der Waals surface area contributed by atoms with Gasteiger partial charge in [-0.15, -0.1) is 0 Å². The second-order valence-corrected chi connectivity index (χ2v) is 5.64. The zero-order chi connectivity index (χ0) is 14.2. The summed E-state index contributed by atoms with van der Waals surface area (Å²) in [6, 6.07) is 0.619. The minimum Gasteiger partial charge on any atom is -0.479 e. The van der Waals surface area contributed by atoms with Gasteiger partial charge in [-0.05, 0) is 33.7 Å². The Balaban J connectivity index is 1.95. The maximum absolute atomic E-state index is 12.4. The van der Waals surface area contributed by atoms with Crippen LogP contribution in [-0.2, 0) is 14.3 Å². The topological polar surface area (TPSA) is 70.1 Å². The molecule has 4 unspecified atom stereocenters. The van der Waals surface area contributed by atoms with Gasteiger partial charge < -0.3 is 14.7 Å². The number of hydrogen-bond acceptors (Lipinski definition) is 4. The van der Waals surface area contributed by atoms with Crippen molar-refractivity contribution in [2.24, 2.45) is 0 Å². The van der Waals surface area contributed by atoms with E-state index in [0.29, 0.717) is 38.0 Å². The number of carboxylic acids is 1. The SMILES string of the molecule is CC1CN(C(=O)C2CCC(C(=O)O)O2)CC(C)N1C. The van der Waals surface area contributed by atoms with Gasteiger partial charge in [-0.1, -0.05) is 0 Å². The number of carboxylic acid groups (broad SMARTS) is 1. The molecule has 0 radical (unpaired) electrons. The summed E-state index contributed by atoms with van der Waals surface area (Å²) in [5.74, 6) is -1.04. The number of ether oxygens (including phenoxy) is 1. The zero-order valence-corrected chi connectivity index (χ0v) is 11.7. The molecule has 0 aromatic heterocycles. The van der Waals surface area contributed by atoms with Crippen LogP contribution < -0.4 is 0 Å². The minimum atomic E-state index is -0.976. The lowest BCUT2D eigenvalue weighted by Gasteiger charge is -2.43. The summed E-state index contributed by atoms with van der Waals surface area (Å²) >= 11 is 0. The lowest BCUT2D eigenvalue weighted by molar-refractivity contribution is -0.156. The van der Waals surface area contributed by atoms with Gasteiger partial charge in [0, 0.05) is 25.2 Å². The molecule has 2 rings (SSSR count). The van der Waals surface area contributed by atoms with Crippen molar-refractivity contribution < 1.29 is 19.4 Å². The first-order valence-corrected chi connectivity index (χ1v) is 6.79. The Morgan fingerprint density at radius 1 is 1.11 bits per heavy atom. The predicted octanol–water partition coefficient (Wildman–Crippen LogP) is 0.170. The highest BCUT2D eigenvalue weighted by atomic mass is 16.5. The first-order valence-electron chi connectivity index (χ1n) is 6.79. The summed E-state index contributed by atoms with van der Waals surface area (Å²) in [7, 11) is 2.06. The van der Waals surface area contributed by atoms with Gasteiger partial charge in [0.25, 0.3) is 5.91 Å². The Kier molecular flexibility index (Phi) is 4.10. The molecule has 2 fully saturated rings. The van der Waals surface area contributed by atoms with Crippen molar-refractivity contribution in [1.29, 1.82) is 0 Å². The molecule has 108 valence electrons. The molecule has 0 aliphatic carbocycles. The number of hydrogen-bond donors (Lipinski definition) is 1. The summed E-state index contributed by atoms with van der Waals surface area (Å²) in [5.41, 5.74) is 0. The van der Waals surface area contributed by atoms with Gasteiger partial charge in [0.15, 0.2) is 6.10 Å². The Morgan fingerprint density at radius 3 is 2.11 bits per heavy atom. The van der Waals surface area contributed by atoms with Crippen molar-refractivity contribution >= 4 is 11.9 Å². The molecule has 0 aromatic rings. The second kappa shape index (κ2) is 5.46. The monoisotopic (exact) mass is 270 g/mol. The van der Waals surface area contributed by atoms with Crippen molar-refractivity contribution in [1.82, 2.24) is 9.80 Å². The van der Waals surface area contributed by atoms with Crippen molar-refractivity contribution in [3.8, 4) is 0 Å². The largest absolute Gasteiger partial charge is 0.479 e. The molecule has 0 bridgehead atoms. The number of aliphatic carboxylic acids is 1. The first kappa shape index (κ1) is 14.3. The molecule has 6 nitrogen and oxygen atoms in total. The van der Waals surface area contributed by atoms with E-state index in [9.17, 15) is 9.59 Å². The molecule has 0 aromatic carbocycles. The summed E-state index contributed by atoms with van der Waals surface area (Å²) < 4.78 is 5.33. The fourth-order valence-corrected chi connectivity index (χ4v) is 2.79. The van der Waals surface area contributed by atoms with Gasteiger partial charge in [-0.2, -0.15) is 0 Å². The van der Waals surface area contributed by atoms with E-state index in [1.165, 1.54) is 0 Å². The van der Waals surface area contributed by atoms with Crippen molar-refractivity contribution in [2.75, 3.05) is 20.1 Å². The Bertz CT molecular complexity index is 362. The number of rotatable bonds is 2. The predicted molar refractivity (Wildman–Crippen MR) is 68.8 cm³/mol. The fourth-order valence-electron chi connectivity index (χ4n) is 2.79. The molecule has 1 amide bonds. The summed E-state index contributed by atoms with van der Waals surface area (Å²) in [6.07, 6.45) is -0.477. The second-order valence-electron chi connectivity index (χ2n) is 5.64. The molecule has 1 N–H and O–H groups in total. The van der Waals surface area contributed by atoms with E-state index in [2.05, 4.69) is 25.8 Å². The van der Waals surface area contributed by atoms with Crippen LogP contribution in [0.4, 0.5) is 0 Å². The lowest BCUT2D eigenvalue weighted by atomic mass is 10.1. The third kappa shape index (κ3) is 2.90. The first-order chi connectivity index (χ1) is 8.90. The van der Waals surface area contributed by atoms with E-state index in [-0.39, 0.29) is 5.91 Å².